The Morgan fingerprint density at radius 1 is 1.26 bits per heavy atom. The van der Waals surface area contributed by atoms with Crippen molar-refractivity contribution >= 4 is 41.3 Å². The monoisotopic (exact) mass is 503 g/mol. The van der Waals surface area contributed by atoms with E-state index in [1.54, 1.807) is 23.5 Å². The molecule has 150 valence electrons. The zero-order chi connectivity index (χ0) is 18.8. The first kappa shape index (κ1) is 23.6. The Morgan fingerprint density at radius 2 is 2.07 bits per heavy atom. The highest BCUT2D eigenvalue weighted by molar-refractivity contribution is 14.0. The molecule has 27 heavy (non-hydrogen) atoms. The fraction of sp³-hybridized carbons (Fsp3) is 0.526. The van der Waals surface area contributed by atoms with Gasteiger partial charge in [-0.1, -0.05) is 6.07 Å². The van der Waals surface area contributed by atoms with Gasteiger partial charge in [0.15, 0.2) is 5.96 Å². The summed E-state index contributed by atoms with van der Waals surface area (Å²) >= 11 is 1.74. The minimum Gasteiger partial charge on any atom is -0.357 e. The predicted octanol–water partition coefficient (Wildman–Crippen LogP) is 3.12. The number of nitrogens with zero attached hydrogens (tertiary/aromatic N) is 3. The standard InChI is InChI=1S/C19H29N5OS.HI/c1-4-20-19(22-12-10-17-23-14-16(3)26-17)21-11-5-6-13-24-15(2)8-7-9-18(24)25;/h7-9,14H,4-6,10-13H2,1-3H3,(H2,20,21,22);1H. The van der Waals surface area contributed by atoms with Crippen molar-refractivity contribution < 1.29 is 0 Å². The molecule has 0 aliphatic carbocycles. The molecule has 2 aromatic rings. The first-order valence-corrected chi connectivity index (χ1v) is 10.0. The second-order valence-electron chi connectivity index (χ2n) is 6.17. The number of halogens is 1. The van der Waals surface area contributed by atoms with E-state index < -0.39 is 0 Å². The van der Waals surface area contributed by atoms with Gasteiger partial charge in [-0.3, -0.25) is 9.79 Å². The van der Waals surface area contributed by atoms with Crippen LogP contribution in [0.15, 0.2) is 34.2 Å². The van der Waals surface area contributed by atoms with Crippen molar-refractivity contribution in [2.75, 3.05) is 19.6 Å². The van der Waals surface area contributed by atoms with E-state index in [0.29, 0.717) is 0 Å². The van der Waals surface area contributed by atoms with Gasteiger partial charge in [0.2, 0.25) is 0 Å². The van der Waals surface area contributed by atoms with E-state index in [9.17, 15) is 4.79 Å². The molecule has 0 saturated carbocycles. The van der Waals surface area contributed by atoms with Crippen LogP contribution in [0.5, 0.6) is 0 Å². The Balaban J connectivity index is 0.00000364. The third kappa shape index (κ3) is 8.42. The summed E-state index contributed by atoms with van der Waals surface area (Å²) < 4.78 is 1.82. The fourth-order valence-electron chi connectivity index (χ4n) is 2.63. The number of nitrogens with one attached hydrogen (secondary N) is 2. The lowest BCUT2D eigenvalue weighted by Crippen LogP contribution is -2.38. The first-order valence-electron chi connectivity index (χ1n) is 9.20. The van der Waals surface area contributed by atoms with E-state index in [4.69, 9.17) is 0 Å². The van der Waals surface area contributed by atoms with Gasteiger partial charge in [-0.2, -0.15) is 0 Å². The molecule has 0 unspecified atom stereocenters. The van der Waals surface area contributed by atoms with Crippen LogP contribution in [0.25, 0.3) is 0 Å². The van der Waals surface area contributed by atoms with Gasteiger partial charge in [-0.15, -0.1) is 35.3 Å². The Kier molecular flexibility index (Phi) is 11.3. The van der Waals surface area contributed by atoms with Crippen LogP contribution in [-0.4, -0.2) is 35.1 Å². The summed E-state index contributed by atoms with van der Waals surface area (Å²) in [6, 6.07) is 5.39. The van der Waals surface area contributed by atoms with Crippen molar-refractivity contribution in [3.05, 3.63) is 50.3 Å². The zero-order valence-corrected chi connectivity index (χ0v) is 19.5. The Bertz CT molecular complexity index is 771. The lowest BCUT2D eigenvalue weighted by Gasteiger charge is -2.11. The number of aromatic nitrogens is 2. The number of hydrogen-bond acceptors (Lipinski definition) is 4. The lowest BCUT2D eigenvalue weighted by atomic mass is 10.3. The smallest absolute Gasteiger partial charge is 0.250 e. The van der Waals surface area contributed by atoms with Gasteiger partial charge in [-0.25, -0.2) is 4.98 Å². The van der Waals surface area contributed by atoms with Crippen molar-refractivity contribution in [2.45, 2.75) is 46.6 Å². The van der Waals surface area contributed by atoms with Crippen molar-refractivity contribution in [2.24, 2.45) is 4.99 Å². The van der Waals surface area contributed by atoms with Crippen LogP contribution >= 0.6 is 35.3 Å². The highest BCUT2D eigenvalue weighted by atomic mass is 127. The van der Waals surface area contributed by atoms with Gasteiger partial charge in [0.1, 0.15) is 0 Å². The lowest BCUT2D eigenvalue weighted by molar-refractivity contribution is 0.585. The van der Waals surface area contributed by atoms with Crippen LogP contribution in [0.2, 0.25) is 0 Å². The molecule has 0 amide bonds. The SMILES string of the molecule is CCNC(=NCCCCn1c(C)cccc1=O)NCCc1ncc(C)s1.I. The summed E-state index contributed by atoms with van der Waals surface area (Å²) in [7, 11) is 0. The average molecular weight is 503 g/mol. The van der Waals surface area contributed by atoms with Gasteiger partial charge in [0, 0.05) is 55.4 Å². The van der Waals surface area contributed by atoms with Crippen LogP contribution in [0.4, 0.5) is 0 Å². The molecular formula is C19H30IN5OS. The predicted molar refractivity (Wildman–Crippen MR) is 125 cm³/mol. The maximum atomic E-state index is 11.8. The molecule has 2 aromatic heterocycles. The molecule has 0 radical (unpaired) electrons. The highest BCUT2D eigenvalue weighted by Gasteiger charge is 2.02. The number of rotatable bonds is 9. The average Bonchev–Trinajstić information content (AvgIpc) is 3.02. The number of aliphatic imine (C=N–C) groups is 1. The van der Waals surface area contributed by atoms with E-state index in [-0.39, 0.29) is 29.5 Å². The van der Waals surface area contributed by atoms with E-state index in [2.05, 4.69) is 34.5 Å². The number of guanidine groups is 1. The Hall–Kier alpha value is -1.42. The van der Waals surface area contributed by atoms with Crippen LogP contribution < -0.4 is 16.2 Å². The van der Waals surface area contributed by atoms with E-state index in [0.717, 1.165) is 62.1 Å². The van der Waals surface area contributed by atoms with Crippen LogP contribution in [0.3, 0.4) is 0 Å². The molecule has 0 aliphatic heterocycles. The van der Waals surface area contributed by atoms with Crippen molar-refractivity contribution in [3.63, 3.8) is 0 Å². The summed E-state index contributed by atoms with van der Waals surface area (Å²) in [4.78, 5) is 22.1. The largest absolute Gasteiger partial charge is 0.357 e. The molecule has 8 heteroatoms. The van der Waals surface area contributed by atoms with Gasteiger partial charge >= 0.3 is 0 Å². The normalized spacial score (nSPS) is 11.1. The van der Waals surface area contributed by atoms with Gasteiger partial charge in [-0.05, 0) is 39.7 Å². The molecule has 2 rings (SSSR count). The number of pyridine rings is 1. The van der Waals surface area contributed by atoms with Crippen LogP contribution in [0, 0.1) is 13.8 Å². The van der Waals surface area contributed by atoms with E-state index in [1.807, 2.05) is 23.8 Å². The van der Waals surface area contributed by atoms with Crippen molar-refractivity contribution in [3.8, 4) is 0 Å². The molecule has 0 aromatic carbocycles. The van der Waals surface area contributed by atoms with Crippen molar-refractivity contribution in [1.29, 1.82) is 0 Å². The molecule has 2 N–H and O–H groups in total. The van der Waals surface area contributed by atoms with Crippen molar-refractivity contribution in [1.82, 2.24) is 20.2 Å². The molecule has 0 spiro atoms. The van der Waals surface area contributed by atoms with Gasteiger partial charge in [0.25, 0.3) is 5.56 Å². The Labute approximate surface area is 182 Å². The molecule has 0 bridgehead atoms. The third-order valence-electron chi connectivity index (χ3n) is 3.97. The summed E-state index contributed by atoms with van der Waals surface area (Å²) in [6.45, 7) is 9.24. The fourth-order valence-corrected chi connectivity index (χ4v) is 3.42. The molecule has 2 heterocycles. The second kappa shape index (κ2) is 12.9. The topological polar surface area (TPSA) is 71.3 Å². The van der Waals surface area contributed by atoms with E-state index in [1.165, 1.54) is 4.88 Å². The van der Waals surface area contributed by atoms with E-state index >= 15 is 0 Å². The van der Waals surface area contributed by atoms with Gasteiger partial charge < -0.3 is 15.2 Å². The molecule has 0 aliphatic rings. The molecule has 0 atom stereocenters. The first-order chi connectivity index (χ1) is 12.6. The maximum absolute atomic E-state index is 11.8. The summed E-state index contributed by atoms with van der Waals surface area (Å²) in [5.41, 5.74) is 1.08. The summed E-state index contributed by atoms with van der Waals surface area (Å²) in [5.74, 6) is 0.842. The van der Waals surface area contributed by atoms with Gasteiger partial charge in [0.05, 0.1) is 5.01 Å². The summed E-state index contributed by atoms with van der Waals surface area (Å²) in [6.07, 6.45) is 4.70. The summed E-state index contributed by atoms with van der Waals surface area (Å²) in [5, 5.41) is 7.77. The second-order valence-corrected chi connectivity index (χ2v) is 7.49. The minimum atomic E-state index is 0. The zero-order valence-electron chi connectivity index (χ0n) is 16.3. The number of aryl methyl sites for hydroxylation is 2. The highest BCUT2D eigenvalue weighted by Crippen LogP contribution is 2.10. The number of thiazole rings is 1. The molecule has 0 fully saturated rings. The maximum Gasteiger partial charge on any atom is 0.250 e. The third-order valence-corrected chi connectivity index (χ3v) is 4.94. The molecule has 0 saturated heterocycles. The van der Waals surface area contributed by atoms with Crippen LogP contribution in [0.1, 0.15) is 35.3 Å². The molecule has 6 nitrogen and oxygen atoms in total. The number of hydrogen-bond donors (Lipinski definition) is 2. The number of unbranched alkanes of at least 4 members (excludes halogenated alkanes) is 1. The quantitative estimate of drug-likeness (QED) is 0.239. The Morgan fingerprint density at radius 3 is 2.74 bits per heavy atom. The molecular weight excluding hydrogens is 473 g/mol. The minimum absolute atomic E-state index is 0. The van der Waals surface area contributed by atoms with Crippen LogP contribution in [-0.2, 0) is 13.0 Å².